The van der Waals surface area contributed by atoms with Crippen molar-refractivity contribution in [2.45, 2.75) is 0 Å². The van der Waals surface area contributed by atoms with E-state index in [1.165, 1.54) is 0 Å². The van der Waals surface area contributed by atoms with Crippen LogP contribution >= 0.6 is 36.4 Å². The van der Waals surface area contributed by atoms with Crippen molar-refractivity contribution < 1.29 is 38.2 Å². The third-order valence-electron chi connectivity index (χ3n) is 0.684. The molecule has 0 saturated heterocycles. The summed E-state index contributed by atoms with van der Waals surface area (Å²) in [5.74, 6) is 0. The minimum Gasteiger partial charge on any atom is -0.394 e. The first-order chi connectivity index (χ1) is 7.12. The van der Waals surface area contributed by atoms with Crippen LogP contribution in [0.4, 0.5) is 0 Å². The minimum absolute atomic E-state index is 0.125. The molecule has 0 bridgehead atoms. The maximum absolute atomic E-state index is 10.2. The molecule has 16 heavy (non-hydrogen) atoms. The quantitative estimate of drug-likeness (QED) is 0.414. The van der Waals surface area contributed by atoms with Crippen LogP contribution in [0.2, 0.25) is 0 Å². The van der Waals surface area contributed by atoms with Gasteiger partial charge in [-0.1, -0.05) is 0 Å². The Kier molecular flexibility index (Phi) is 11.7. The number of aliphatic hydroxyl groups excluding tert-OH is 2. The van der Waals surface area contributed by atoms with Crippen molar-refractivity contribution in [2.75, 3.05) is 26.4 Å². The van der Waals surface area contributed by atoms with E-state index in [-0.39, 0.29) is 13.2 Å². The molecule has 0 aromatic carbocycles. The summed E-state index contributed by atoms with van der Waals surface area (Å²) in [7, 11) is 0. The van der Waals surface area contributed by atoms with Gasteiger partial charge >= 0.3 is 13.9 Å². The summed E-state index contributed by atoms with van der Waals surface area (Å²) in [6.07, 6.45) is 0. The predicted octanol–water partition coefficient (Wildman–Crippen LogP) is 0.669. The van der Waals surface area contributed by atoms with Gasteiger partial charge < -0.3 is 20.0 Å². The molecule has 0 amide bonds. The third-order valence-corrected chi connectivity index (χ3v) is 2.27. The average molecular weight is 321 g/mol. The van der Waals surface area contributed by atoms with Gasteiger partial charge in [0, 0.05) is 22.5 Å². The molecule has 0 fully saturated rings. The molecule has 2 unspecified atom stereocenters. The van der Waals surface area contributed by atoms with Gasteiger partial charge in [-0.25, -0.2) is 9.13 Å². The van der Waals surface area contributed by atoms with Crippen molar-refractivity contribution in [3.63, 3.8) is 0 Å². The molecule has 2 atom stereocenters. The van der Waals surface area contributed by atoms with Gasteiger partial charge in [0.25, 0.3) is 0 Å². The van der Waals surface area contributed by atoms with Crippen LogP contribution in [0.25, 0.3) is 0 Å². The van der Waals surface area contributed by atoms with Gasteiger partial charge in [-0.3, -0.25) is 9.05 Å². The lowest BCUT2D eigenvalue weighted by atomic mass is 10.8. The molecule has 0 aliphatic carbocycles. The van der Waals surface area contributed by atoms with Crippen LogP contribution in [-0.2, 0) is 18.2 Å². The summed E-state index contributed by atoms with van der Waals surface area (Å²) < 4.78 is 28.6. The first kappa shape index (κ1) is 19.1. The Morgan fingerprint density at radius 2 is 1.12 bits per heavy atom. The van der Waals surface area contributed by atoms with E-state index in [0.717, 1.165) is 0 Å². The Labute approximate surface area is 101 Å². The second-order valence-electron chi connectivity index (χ2n) is 2.02. The van der Waals surface area contributed by atoms with Crippen LogP contribution in [0, 0.1) is 0 Å². The first-order valence-electron chi connectivity index (χ1n) is 3.68. The number of aliphatic hydroxyl groups is 2. The third kappa shape index (κ3) is 24.2. The molecular weight excluding hydrogens is 309 g/mol. The molecule has 0 saturated carbocycles. The van der Waals surface area contributed by atoms with Crippen LogP contribution in [0.15, 0.2) is 0 Å². The Balaban J connectivity index is 0. The van der Waals surface area contributed by atoms with Crippen LogP contribution in [0.1, 0.15) is 0 Å². The highest BCUT2D eigenvalue weighted by Crippen LogP contribution is 2.49. The van der Waals surface area contributed by atoms with Gasteiger partial charge in [-0.2, -0.15) is 0 Å². The van der Waals surface area contributed by atoms with Crippen LogP contribution in [-0.4, -0.2) is 46.4 Å². The van der Waals surface area contributed by atoms with Crippen molar-refractivity contribution in [1.82, 2.24) is 0 Å². The summed E-state index contributed by atoms with van der Waals surface area (Å²) in [5.41, 5.74) is 0. The molecule has 0 aliphatic heterocycles. The maximum atomic E-state index is 10.2. The molecule has 4 N–H and O–H groups in total. The van der Waals surface area contributed by atoms with E-state index in [0.29, 0.717) is 0 Å². The zero-order valence-electron chi connectivity index (χ0n) is 7.90. The fraction of sp³-hybridized carbons (Fsp3) is 1.00. The second-order valence-corrected chi connectivity index (χ2v) is 6.90. The fourth-order valence-electron chi connectivity index (χ4n) is 0.300. The maximum Gasteiger partial charge on any atom is 0.421 e. The minimum atomic E-state index is -4.07. The van der Waals surface area contributed by atoms with E-state index in [4.69, 9.17) is 42.5 Å². The summed E-state index contributed by atoms with van der Waals surface area (Å²) in [6.45, 7) is -9.18. The van der Waals surface area contributed by atoms with Gasteiger partial charge in [0.2, 0.25) is 0 Å². The van der Waals surface area contributed by atoms with E-state index in [9.17, 15) is 9.13 Å². The Hall–Kier alpha value is 0.800. The van der Waals surface area contributed by atoms with Crippen molar-refractivity contribution in [2.24, 2.45) is 0 Å². The summed E-state index contributed by atoms with van der Waals surface area (Å²) in [4.78, 5) is 16.7. The lowest BCUT2D eigenvalue weighted by Crippen LogP contribution is -1.98. The molecule has 12 heteroatoms. The summed E-state index contributed by atoms with van der Waals surface area (Å²) in [6, 6.07) is 0. The predicted molar refractivity (Wildman–Crippen MR) is 57.4 cm³/mol. The largest absolute Gasteiger partial charge is 0.421 e. The molecule has 0 spiro atoms. The highest BCUT2D eigenvalue weighted by Gasteiger charge is 2.16. The smallest absolute Gasteiger partial charge is 0.394 e. The topological polar surface area (TPSA) is 134 Å². The molecule has 0 aliphatic rings. The van der Waals surface area contributed by atoms with Gasteiger partial charge in [-0.05, 0) is 0 Å². The monoisotopic (exact) mass is 320 g/mol. The molecule has 100 valence electrons. The van der Waals surface area contributed by atoms with Crippen molar-refractivity contribution in [1.29, 1.82) is 0 Å². The van der Waals surface area contributed by atoms with Gasteiger partial charge in [0.05, 0.1) is 26.4 Å². The van der Waals surface area contributed by atoms with Crippen LogP contribution in [0.3, 0.4) is 0 Å². The molecular formula is C4H12Cl2O8P2. The standard InChI is InChI=1S/C2H6Cl2O6P2.C2H6O2/c3-11(5,6)9-1-2-10-12(4,7)8;3-1-2-4/h1-2H2,(H,5,6)(H,7,8);3-4H,1-2H2. The molecule has 0 radical (unpaired) electrons. The van der Waals surface area contributed by atoms with E-state index in [1.54, 1.807) is 0 Å². The van der Waals surface area contributed by atoms with Gasteiger partial charge in [0.15, 0.2) is 0 Å². The first-order valence-corrected chi connectivity index (χ1v) is 8.64. The van der Waals surface area contributed by atoms with E-state index in [2.05, 4.69) is 9.05 Å². The second kappa shape index (κ2) is 9.79. The normalized spacial score (nSPS) is 17.9. The molecule has 0 rings (SSSR count). The molecule has 0 heterocycles. The van der Waals surface area contributed by atoms with Crippen molar-refractivity contribution in [3.05, 3.63) is 0 Å². The van der Waals surface area contributed by atoms with Crippen LogP contribution < -0.4 is 0 Å². The van der Waals surface area contributed by atoms with E-state index in [1.807, 2.05) is 0 Å². The zero-order valence-corrected chi connectivity index (χ0v) is 11.2. The highest BCUT2D eigenvalue weighted by molar-refractivity contribution is 7.80. The molecule has 8 nitrogen and oxygen atoms in total. The lowest BCUT2D eigenvalue weighted by molar-refractivity contribution is 0.186. The Morgan fingerprint density at radius 3 is 1.25 bits per heavy atom. The summed E-state index contributed by atoms with van der Waals surface area (Å²) >= 11 is 9.50. The zero-order chi connectivity index (χ0) is 13.2. The fourth-order valence-corrected chi connectivity index (χ4v) is 1.31. The summed E-state index contributed by atoms with van der Waals surface area (Å²) in [5, 5.41) is 15.2. The number of rotatable bonds is 6. The molecule has 0 aromatic heterocycles. The SMILES string of the molecule is O=P(O)(Cl)OCCOP(=O)(O)Cl.OCCO. The highest BCUT2D eigenvalue weighted by atomic mass is 35.7. The number of hydrogen-bond acceptors (Lipinski definition) is 6. The van der Waals surface area contributed by atoms with E-state index < -0.39 is 27.1 Å². The Bertz CT molecular complexity index is 222. The van der Waals surface area contributed by atoms with E-state index >= 15 is 0 Å². The Morgan fingerprint density at radius 1 is 0.875 bits per heavy atom. The van der Waals surface area contributed by atoms with Crippen molar-refractivity contribution in [3.8, 4) is 0 Å². The van der Waals surface area contributed by atoms with Crippen molar-refractivity contribution >= 4 is 36.4 Å². The van der Waals surface area contributed by atoms with Gasteiger partial charge in [-0.15, -0.1) is 0 Å². The number of hydrogen-bond donors (Lipinski definition) is 4. The lowest BCUT2D eigenvalue weighted by Gasteiger charge is -2.05. The number of halogens is 2. The average Bonchev–Trinajstić information content (AvgIpc) is 2.10. The molecule has 0 aromatic rings. The van der Waals surface area contributed by atoms with Gasteiger partial charge in [0.1, 0.15) is 0 Å². The van der Waals surface area contributed by atoms with Crippen LogP contribution in [0.5, 0.6) is 0 Å².